The second-order valence-electron chi connectivity index (χ2n) is 4.34. The van der Waals surface area contributed by atoms with Crippen molar-refractivity contribution < 1.29 is 0 Å². The molecule has 0 aliphatic heterocycles. The Morgan fingerprint density at radius 3 is 2.71 bits per heavy atom. The molecule has 94 valence electrons. The van der Waals surface area contributed by atoms with Gasteiger partial charge in [-0.15, -0.1) is 0 Å². The first-order chi connectivity index (χ1) is 7.87. The van der Waals surface area contributed by atoms with Crippen molar-refractivity contribution in [3.63, 3.8) is 0 Å². The molecule has 0 saturated heterocycles. The highest BCUT2D eigenvalue weighted by Crippen LogP contribution is 2.27. The number of benzene rings is 1. The van der Waals surface area contributed by atoms with Crippen molar-refractivity contribution in [3.05, 3.63) is 28.8 Å². The fourth-order valence-corrected chi connectivity index (χ4v) is 2.07. The zero-order valence-corrected chi connectivity index (χ0v) is 12.6. The molecular formula is C12H17ClN2S2. The minimum atomic E-state index is 0.149. The number of hydrogen-bond acceptors (Lipinski definition) is 3. The van der Waals surface area contributed by atoms with Crippen molar-refractivity contribution in [1.82, 2.24) is 0 Å². The van der Waals surface area contributed by atoms with E-state index in [4.69, 9.17) is 29.6 Å². The first-order valence-corrected chi connectivity index (χ1v) is 7.26. The van der Waals surface area contributed by atoms with Crippen LogP contribution in [0.25, 0.3) is 0 Å². The number of nitrogens with one attached hydrogen (secondary N) is 1. The van der Waals surface area contributed by atoms with Crippen LogP contribution in [-0.2, 0) is 0 Å². The normalized spacial score (nSPS) is 11.3. The van der Waals surface area contributed by atoms with Crippen LogP contribution in [0.4, 0.5) is 5.69 Å². The Kier molecular flexibility index (Phi) is 5.10. The van der Waals surface area contributed by atoms with Gasteiger partial charge in [-0.3, -0.25) is 0 Å². The van der Waals surface area contributed by atoms with E-state index in [1.54, 1.807) is 17.8 Å². The third-order valence-corrected chi connectivity index (χ3v) is 4.29. The van der Waals surface area contributed by atoms with Gasteiger partial charge in [0.15, 0.2) is 0 Å². The Morgan fingerprint density at radius 1 is 1.53 bits per heavy atom. The Hall–Kier alpha value is -0.450. The van der Waals surface area contributed by atoms with Crippen LogP contribution in [0, 0.1) is 0 Å². The van der Waals surface area contributed by atoms with Crippen molar-refractivity contribution in [2.75, 3.05) is 18.1 Å². The third-order valence-electron chi connectivity index (χ3n) is 2.52. The first kappa shape index (κ1) is 14.6. The van der Waals surface area contributed by atoms with Crippen molar-refractivity contribution in [1.29, 1.82) is 0 Å². The van der Waals surface area contributed by atoms with Gasteiger partial charge in [-0.1, -0.05) is 29.9 Å². The summed E-state index contributed by atoms with van der Waals surface area (Å²) in [4.78, 5) is 0.319. The number of hydrogen-bond donors (Lipinski definition) is 2. The Balaban J connectivity index is 2.92. The predicted octanol–water partition coefficient (Wildman–Crippen LogP) is 3.53. The monoisotopic (exact) mass is 288 g/mol. The second-order valence-corrected chi connectivity index (χ2v) is 6.70. The highest BCUT2D eigenvalue weighted by molar-refractivity contribution is 7.99. The van der Waals surface area contributed by atoms with Crippen LogP contribution in [0.1, 0.15) is 19.4 Å². The molecule has 1 rings (SSSR count). The van der Waals surface area contributed by atoms with Gasteiger partial charge >= 0.3 is 0 Å². The van der Waals surface area contributed by atoms with Crippen molar-refractivity contribution >= 4 is 46.3 Å². The van der Waals surface area contributed by atoms with E-state index in [1.807, 2.05) is 12.1 Å². The summed E-state index contributed by atoms with van der Waals surface area (Å²) in [5.41, 5.74) is 7.31. The van der Waals surface area contributed by atoms with Gasteiger partial charge in [-0.05, 0) is 32.2 Å². The Bertz CT molecular complexity index is 419. The SMILES string of the molecule is CSC(C)(C)CNc1cccc(Cl)c1C(N)=S. The maximum Gasteiger partial charge on any atom is 0.107 e. The maximum absolute atomic E-state index is 6.10. The van der Waals surface area contributed by atoms with Gasteiger partial charge in [-0.25, -0.2) is 0 Å². The molecule has 0 radical (unpaired) electrons. The van der Waals surface area contributed by atoms with Gasteiger partial charge in [0.05, 0.1) is 10.6 Å². The number of thiocarbonyl (C=S) groups is 1. The van der Waals surface area contributed by atoms with Crippen LogP contribution in [0.15, 0.2) is 18.2 Å². The summed E-state index contributed by atoms with van der Waals surface area (Å²) in [5, 5.41) is 3.94. The molecule has 17 heavy (non-hydrogen) atoms. The molecule has 1 aromatic carbocycles. The molecule has 2 nitrogen and oxygen atoms in total. The average molecular weight is 289 g/mol. The number of anilines is 1. The quantitative estimate of drug-likeness (QED) is 0.813. The molecule has 0 aliphatic carbocycles. The fourth-order valence-electron chi connectivity index (χ4n) is 1.30. The topological polar surface area (TPSA) is 38.0 Å². The lowest BCUT2D eigenvalue weighted by Crippen LogP contribution is -2.27. The fraction of sp³-hybridized carbons (Fsp3) is 0.417. The van der Waals surface area contributed by atoms with Gasteiger partial charge < -0.3 is 11.1 Å². The number of rotatable bonds is 5. The van der Waals surface area contributed by atoms with E-state index in [1.165, 1.54) is 0 Å². The molecule has 0 aliphatic rings. The van der Waals surface area contributed by atoms with Crippen molar-refractivity contribution in [3.8, 4) is 0 Å². The molecule has 0 bridgehead atoms. The smallest absolute Gasteiger partial charge is 0.107 e. The molecule has 0 saturated carbocycles. The molecule has 0 atom stereocenters. The van der Waals surface area contributed by atoms with Crippen molar-refractivity contribution in [2.24, 2.45) is 5.73 Å². The Morgan fingerprint density at radius 2 is 2.18 bits per heavy atom. The highest BCUT2D eigenvalue weighted by atomic mass is 35.5. The number of halogens is 1. The lowest BCUT2D eigenvalue weighted by atomic mass is 10.1. The Labute approximate surface area is 117 Å². The molecule has 0 heterocycles. The summed E-state index contributed by atoms with van der Waals surface area (Å²) in [7, 11) is 0. The number of nitrogens with two attached hydrogens (primary N) is 1. The van der Waals surface area contributed by atoms with Crippen LogP contribution in [0.3, 0.4) is 0 Å². The van der Waals surface area contributed by atoms with E-state index in [0.717, 1.165) is 17.8 Å². The average Bonchev–Trinajstić information content (AvgIpc) is 2.26. The minimum absolute atomic E-state index is 0.149. The molecule has 3 N–H and O–H groups in total. The summed E-state index contributed by atoms with van der Waals surface area (Å²) in [6.07, 6.45) is 2.09. The van der Waals surface area contributed by atoms with Gasteiger partial charge in [0, 0.05) is 17.0 Å². The second kappa shape index (κ2) is 5.94. The highest BCUT2D eigenvalue weighted by Gasteiger charge is 2.17. The molecule has 0 spiro atoms. The van der Waals surface area contributed by atoms with E-state index in [9.17, 15) is 0 Å². The number of thioether (sulfide) groups is 1. The van der Waals surface area contributed by atoms with Crippen LogP contribution >= 0.6 is 35.6 Å². The summed E-state index contributed by atoms with van der Waals surface area (Å²) in [5.74, 6) is 0. The van der Waals surface area contributed by atoms with Gasteiger partial charge in [0.2, 0.25) is 0 Å². The summed E-state index contributed by atoms with van der Waals surface area (Å²) < 4.78 is 0.149. The molecule has 0 unspecified atom stereocenters. The van der Waals surface area contributed by atoms with E-state index in [-0.39, 0.29) is 4.75 Å². The van der Waals surface area contributed by atoms with Crippen LogP contribution in [-0.4, -0.2) is 22.5 Å². The predicted molar refractivity (Wildman–Crippen MR) is 83.4 cm³/mol. The lowest BCUT2D eigenvalue weighted by molar-refractivity contribution is 0.752. The zero-order valence-electron chi connectivity index (χ0n) is 10.2. The molecule has 0 fully saturated rings. The van der Waals surface area contributed by atoms with Crippen LogP contribution in [0.5, 0.6) is 0 Å². The first-order valence-electron chi connectivity index (χ1n) is 5.25. The van der Waals surface area contributed by atoms with Gasteiger partial charge in [-0.2, -0.15) is 11.8 Å². The van der Waals surface area contributed by atoms with E-state index in [0.29, 0.717) is 10.0 Å². The van der Waals surface area contributed by atoms with Crippen molar-refractivity contribution in [2.45, 2.75) is 18.6 Å². The molecule has 0 aromatic heterocycles. The van der Waals surface area contributed by atoms with E-state index >= 15 is 0 Å². The van der Waals surface area contributed by atoms with Gasteiger partial charge in [0.1, 0.15) is 4.99 Å². The molecule has 5 heteroatoms. The summed E-state index contributed by atoms with van der Waals surface area (Å²) in [6.45, 7) is 5.18. The van der Waals surface area contributed by atoms with Crippen LogP contribution < -0.4 is 11.1 Å². The zero-order chi connectivity index (χ0) is 13.1. The van der Waals surface area contributed by atoms with E-state index < -0.39 is 0 Å². The largest absolute Gasteiger partial charge is 0.389 e. The summed E-state index contributed by atoms with van der Waals surface area (Å²) in [6, 6.07) is 5.62. The molecule has 0 amide bonds. The lowest BCUT2D eigenvalue weighted by Gasteiger charge is -2.24. The standard InChI is InChI=1S/C12H17ClN2S2/c1-12(2,17-3)7-15-9-6-4-5-8(13)10(9)11(14)16/h4-6,15H,7H2,1-3H3,(H2,14,16). The van der Waals surface area contributed by atoms with Crippen LogP contribution in [0.2, 0.25) is 5.02 Å². The minimum Gasteiger partial charge on any atom is -0.389 e. The molecular weight excluding hydrogens is 272 g/mol. The van der Waals surface area contributed by atoms with E-state index in [2.05, 4.69) is 25.4 Å². The maximum atomic E-state index is 6.10. The third kappa shape index (κ3) is 4.05. The summed E-state index contributed by atoms with van der Waals surface area (Å²) >= 11 is 12.9. The molecule has 1 aromatic rings. The van der Waals surface area contributed by atoms with Gasteiger partial charge in [0.25, 0.3) is 0 Å².